The topological polar surface area (TPSA) is 66.4 Å². The van der Waals surface area contributed by atoms with Crippen molar-refractivity contribution >= 4 is 0 Å². The summed E-state index contributed by atoms with van der Waals surface area (Å²) in [5.74, 6) is -1.24. The van der Waals surface area contributed by atoms with Crippen LogP contribution in [0.4, 0.5) is 0 Å². The molecule has 0 aromatic heterocycles. The van der Waals surface area contributed by atoms with E-state index in [-0.39, 0.29) is 37.1 Å². The average Bonchev–Trinajstić information content (AvgIpc) is 2.85. The van der Waals surface area contributed by atoms with Crippen LogP contribution in [0.25, 0.3) is 0 Å². The third kappa shape index (κ3) is 2.73. The van der Waals surface area contributed by atoms with Crippen LogP contribution in [-0.4, -0.2) is 60.4 Å². The van der Waals surface area contributed by atoms with E-state index in [4.69, 9.17) is 23.7 Å². The number of hydrogen-bond donors (Lipinski definition) is 1. The fourth-order valence-corrected chi connectivity index (χ4v) is 3.23. The second kappa shape index (κ2) is 4.90. The Morgan fingerprint density at radius 2 is 1.65 bits per heavy atom. The number of aliphatic hydroxyl groups excluding tert-OH is 1. The van der Waals surface area contributed by atoms with E-state index >= 15 is 0 Å². The van der Waals surface area contributed by atoms with Gasteiger partial charge in [-0.1, -0.05) is 0 Å². The molecular formula is C14H24O6. The van der Waals surface area contributed by atoms with Crippen LogP contribution >= 0.6 is 0 Å². The highest BCUT2D eigenvalue weighted by Gasteiger charge is 2.54. The SMILES string of the molecule is CC1(C)OC[C@H]([C@H]2O[C@@H](CO)C[C@H]3OC(C)(C)O[C@@H]23)O1. The first kappa shape index (κ1) is 14.7. The first-order chi connectivity index (χ1) is 9.30. The van der Waals surface area contributed by atoms with Crippen molar-refractivity contribution in [2.75, 3.05) is 13.2 Å². The number of fused-ring (bicyclic) bond motifs is 1. The Morgan fingerprint density at radius 1 is 0.950 bits per heavy atom. The van der Waals surface area contributed by atoms with Crippen LogP contribution in [0.1, 0.15) is 34.1 Å². The van der Waals surface area contributed by atoms with Crippen molar-refractivity contribution in [3.05, 3.63) is 0 Å². The molecular weight excluding hydrogens is 264 g/mol. The maximum absolute atomic E-state index is 9.41. The Balaban J connectivity index is 1.77. The van der Waals surface area contributed by atoms with Crippen LogP contribution in [0.15, 0.2) is 0 Å². The number of rotatable bonds is 2. The summed E-state index contributed by atoms with van der Waals surface area (Å²) in [6.07, 6.45) is -0.355. The summed E-state index contributed by atoms with van der Waals surface area (Å²) < 4.78 is 29.4. The van der Waals surface area contributed by atoms with E-state index in [2.05, 4.69) is 0 Å². The lowest BCUT2D eigenvalue weighted by atomic mass is 9.95. The first-order valence-electron chi connectivity index (χ1n) is 7.23. The quantitative estimate of drug-likeness (QED) is 0.811. The zero-order valence-electron chi connectivity index (χ0n) is 12.5. The van der Waals surface area contributed by atoms with Crippen LogP contribution in [0.3, 0.4) is 0 Å². The van der Waals surface area contributed by atoms with Crippen molar-refractivity contribution in [1.29, 1.82) is 0 Å². The average molecular weight is 288 g/mol. The fraction of sp³-hybridized carbons (Fsp3) is 1.00. The molecule has 0 aromatic carbocycles. The molecule has 0 aromatic rings. The minimum absolute atomic E-state index is 0.0273. The normalized spacial score (nSPS) is 46.4. The molecule has 6 nitrogen and oxygen atoms in total. The van der Waals surface area contributed by atoms with Gasteiger partial charge in [0.25, 0.3) is 0 Å². The van der Waals surface area contributed by atoms with Crippen molar-refractivity contribution < 1.29 is 28.8 Å². The minimum atomic E-state index is -0.629. The highest BCUT2D eigenvalue weighted by Crippen LogP contribution is 2.40. The van der Waals surface area contributed by atoms with Crippen molar-refractivity contribution in [2.24, 2.45) is 0 Å². The molecule has 0 aliphatic carbocycles. The van der Waals surface area contributed by atoms with Gasteiger partial charge in [-0.2, -0.15) is 0 Å². The van der Waals surface area contributed by atoms with E-state index in [9.17, 15) is 5.11 Å². The molecule has 3 saturated heterocycles. The highest BCUT2D eigenvalue weighted by molar-refractivity contribution is 4.97. The summed E-state index contributed by atoms with van der Waals surface area (Å²) in [4.78, 5) is 0. The van der Waals surface area contributed by atoms with Gasteiger partial charge >= 0.3 is 0 Å². The van der Waals surface area contributed by atoms with E-state index in [1.807, 2.05) is 27.7 Å². The molecule has 6 heteroatoms. The van der Waals surface area contributed by atoms with E-state index in [1.54, 1.807) is 0 Å². The molecule has 3 heterocycles. The molecule has 3 aliphatic heterocycles. The predicted molar refractivity (Wildman–Crippen MR) is 69.1 cm³/mol. The van der Waals surface area contributed by atoms with Crippen LogP contribution in [0.2, 0.25) is 0 Å². The molecule has 0 unspecified atom stereocenters. The van der Waals surface area contributed by atoms with Crippen molar-refractivity contribution in [1.82, 2.24) is 0 Å². The van der Waals surface area contributed by atoms with Crippen LogP contribution in [-0.2, 0) is 23.7 Å². The summed E-state index contributed by atoms with van der Waals surface area (Å²) in [7, 11) is 0. The van der Waals surface area contributed by atoms with Crippen LogP contribution in [0, 0.1) is 0 Å². The minimum Gasteiger partial charge on any atom is -0.394 e. The van der Waals surface area contributed by atoms with Gasteiger partial charge in [-0.3, -0.25) is 0 Å². The Bertz CT molecular complexity index is 369. The van der Waals surface area contributed by atoms with Crippen LogP contribution in [0.5, 0.6) is 0 Å². The van der Waals surface area contributed by atoms with Gasteiger partial charge in [0.05, 0.1) is 25.4 Å². The van der Waals surface area contributed by atoms with E-state index in [0.717, 1.165) is 0 Å². The number of aliphatic hydroxyl groups is 1. The molecule has 20 heavy (non-hydrogen) atoms. The number of ether oxygens (including phenoxy) is 5. The lowest BCUT2D eigenvalue weighted by molar-refractivity contribution is -0.207. The second-order valence-electron chi connectivity index (χ2n) is 6.65. The molecule has 0 saturated carbocycles. The van der Waals surface area contributed by atoms with Gasteiger partial charge in [0.1, 0.15) is 18.3 Å². The van der Waals surface area contributed by atoms with E-state index < -0.39 is 11.6 Å². The van der Waals surface area contributed by atoms with E-state index in [1.165, 1.54) is 0 Å². The third-order valence-electron chi connectivity index (χ3n) is 3.99. The van der Waals surface area contributed by atoms with Gasteiger partial charge in [-0.25, -0.2) is 0 Å². The molecule has 3 rings (SSSR count). The maximum Gasteiger partial charge on any atom is 0.163 e. The third-order valence-corrected chi connectivity index (χ3v) is 3.99. The zero-order chi connectivity index (χ0) is 14.5. The molecule has 1 N–H and O–H groups in total. The van der Waals surface area contributed by atoms with Gasteiger partial charge in [0, 0.05) is 6.42 Å². The van der Waals surface area contributed by atoms with Crippen LogP contribution < -0.4 is 0 Å². The summed E-state index contributed by atoms with van der Waals surface area (Å²) in [6.45, 7) is 7.99. The van der Waals surface area contributed by atoms with Crippen molar-refractivity contribution in [3.63, 3.8) is 0 Å². The van der Waals surface area contributed by atoms with Crippen molar-refractivity contribution in [3.8, 4) is 0 Å². The Labute approximate surface area is 119 Å². The summed E-state index contributed by atoms with van der Waals surface area (Å²) in [5.41, 5.74) is 0. The van der Waals surface area contributed by atoms with Crippen molar-refractivity contribution in [2.45, 2.75) is 76.2 Å². The first-order valence-corrected chi connectivity index (χ1v) is 7.23. The second-order valence-corrected chi connectivity index (χ2v) is 6.65. The summed E-state index contributed by atoms with van der Waals surface area (Å²) >= 11 is 0. The van der Waals surface area contributed by atoms with Gasteiger partial charge < -0.3 is 28.8 Å². The Hall–Kier alpha value is -0.240. The predicted octanol–water partition coefficient (Wildman–Crippen LogP) is 0.808. The lowest BCUT2D eigenvalue weighted by Gasteiger charge is -2.38. The lowest BCUT2D eigenvalue weighted by Crippen LogP contribution is -2.53. The number of hydrogen-bond acceptors (Lipinski definition) is 6. The molecule has 5 atom stereocenters. The van der Waals surface area contributed by atoms with Gasteiger partial charge in [-0.15, -0.1) is 0 Å². The van der Waals surface area contributed by atoms with Gasteiger partial charge in [0.2, 0.25) is 0 Å². The maximum atomic E-state index is 9.41. The monoisotopic (exact) mass is 288 g/mol. The molecule has 116 valence electrons. The Kier molecular flexibility index (Phi) is 3.60. The highest BCUT2D eigenvalue weighted by atomic mass is 16.8. The summed E-state index contributed by atoms with van der Waals surface area (Å²) in [6, 6.07) is 0. The molecule has 3 aliphatic rings. The molecule has 0 radical (unpaired) electrons. The summed E-state index contributed by atoms with van der Waals surface area (Å²) in [5, 5.41) is 9.41. The Morgan fingerprint density at radius 3 is 2.25 bits per heavy atom. The smallest absolute Gasteiger partial charge is 0.163 e. The molecule has 0 spiro atoms. The standard InChI is InChI=1S/C14H24O6/c1-13(2)16-7-10(19-13)11-12-9(5-8(6-15)17-11)18-14(3,4)20-12/h8-12,15H,5-7H2,1-4H3/t8-,9-,10-,11-,12-/m1/s1. The molecule has 0 bridgehead atoms. The zero-order valence-corrected chi connectivity index (χ0v) is 12.5. The molecule has 0 amide bonds. The largest absolute Gasteiger partial charge is 0.394 e. The van der Waals surface area contributed by atoms with Gasteiger partial charge in [0.15, 0.2) is 11.6 Å². The van der Waals surface area contributed by atoms with E-state index in [0.29, 0.717) is 13.0 Å². The fourth-order valence-electron chi connectivity index (χ4n) is 3.23. The van der Waals surface area contributed by atoms with Gasteiger partial charge in [-0.05, 0) is 27.7 Å². The molecule has 3 fully saturated rings.